The Morgan fingerprint density at radius 2 is 1.90 bits per heavy atom. The number of aliphatic imine (C=N–C) groups is 1. The van der Waals surface area contributed by atoms with E-state index in [0.29, 0.717) is 5.92 Å². The summed E-state index contributed by atoms with van der Waals surface area (Å²) in [5, 5.41) is 3.57. The van der Waals surface area contributed by atoms with Crippen molar-refractivity contribution in [1.29, 1.82) is 0 Å². The molecule has 1 aromatic heterocycles. The van der Waals surface area contributed by atoms with Crippen LogP contribution in [-0.4, -0.2) is 68.2 Å². The van der Waals surface area contributed by atoms with E-state index in [1.165, 1.54) is 5.56 Å². The maximum atomic E-state index is 5.51. The molecule has 1 unspecified atom stereocenters. The van der Waals surface area contributed by atoms with Gasteiger partial charge >= 0.3 is 0 Å². The molecule has 6 nitrogen and oxygen atoms in total. The zero-order chi connectivity index (χ0) is 19.7. The highest BCUT2D eigenvalue weighted by molar-refractivity contribution is 14.0. The minimum absolute atomic E-state index is 0. The van der Waals surface area contributed by atoms with E-state index in [9.17, 15) is 0 Å². The Bertz CT molecular complexity index is 740. The van der Waals surface area contributed by atoms with E-state index in [2.05, 4.69) is 45.4 Å². The molecule has 1 N–H and O–H groups in total. The number of ether oxygens (including phenoxy) is 1. The Morgan fingerprint density at radius 1 is 1.07 bits per heavy atom. The number of nitrogens with one attached hydrogen (secondary N) is 1. The summed E-state index contributed by atoms with van der Waals surface area (Å²) in [4.78, 5) is 9.89. The minimum atomic E-state index is 0. The first-order chi connectivity index (χ1) is 14.4. The highest BCUT2D eigenvalue weighted by Crippen LogP contribution is 2.13. The van der Waals surface area contributed by atoms with E-state index in [0.717, 1.165) is 83.6 Å². The molecule has 164 valence electrons. The Morgan fingerprint density at radius 3 is 2.60 bits per heavy atom. The number of benzene rings is 1. The summed E-state index contributed by atoms with van der Waals surface area (Å²) in [5.41, 5.74) is 1.38. The fraction of sp³-hybridized carbons (Fsp3) is 0.522. The number of halogens is 1. The summed E-state index contributed by atoms with van der Waals surface area (Å²) in [6.45, 7) is 8.52. The second-order valence-corrected chi connectivity index (χ2v) is 7.90. The first-order valence-corrected chi connectivity index (χ1v) is 10.8. The van der Waals surface area contributed by atoms with Crippen molar-refractivity contribution in [3.8, 4) is 0 Å². The molecular weight excluding hydrogens is 491 g/mol. The Kier molecular flexibility index (Phi) is 9.48. The molecule has 2 aliphatic heterocycles. The van der Waals surface area contributed by atoms with Gasteiger partial charge in [0.2, 0.25) is 0 Å². The number of hydrogen-bond acceptors (Lipinski definition) is 4. The number of nitrogens with zero attached hydrogens (tertiary/aromatic N) is 3. The molecule has 0 radical (unpaired) electrons. The second kappa shape index (κ2) is 12.3. The van der Waals surface area contributed by atoms with E-state index in [-0.39, 0.29) is 24.0 Å². The highest BCUT2D eigenvalue weighted by Gasteiger charge is 2.21. The number of guanidine groups is 1. The zero-order valence-electron chi connectivity index (χ0n) is 17.5. The van der Waals surface area contributed by atoms with Crippen LogP contribution in [0.4, 0.5) is 0 Å². The molecule has 0 aliphatic carbocycles. The largest absolute Gasteiger partial charge is 0.469 e. The van der Waals surface area contributed by atoms with Crippen molar-refractivity contribution in [2.75, 3.05) is 52.5 Å². The standard InChI is InChI=1S/C23H32N4O2.HI/c1-2-5-20(6-3-1)18-26-11-13-27(14-12-26)23(25-17-21-9-16-28-19-21)24-10-8-22-7-4-15-29-22;/h1-7,15,21H,8-14,16-19H2,(H,24,25);1H. The fourth-order valence-corrected chi connectivity index (χ4v) is 3.92. The van der Waals surface area contributed by atoms with Crippen LogP contribution in [0.3, 0.4) is 0 Å². The molecule has 1 atom stereocenters. The summed E-state index contributed by atoms with van der Waals surface area (Å²) in [6.07, 6.45) is 3.72. The fourth-order valence-electron chi connectivity index (χ4n) is 3.92. The third-order valence-electron chi connectivity index (χ3n) is 5.68. The van der Waals surface area contributed by atoms with E-state index < -0.39 is 0 Å². The topological polar surface area (TPSA) is 53.2 Å². The van der Waals surface area contributed by atoms with Gasteiger partial charge in [-0.15, -0.1) is 24.0 Å². The second-order valence-electron chi connectivity index (χ2n) is 7.90. The molecule has 4 rings (SSSR count). The van der Waals surface area contributed by atoms with Gasteiger partial charge in [-0.25, -0.2) is 0 Å². The molecule has 0 spiro atoms. The molecule has 0 amide bonds. The van der Waals surface area contributed by atoms with Crippen LogP contribution in [0.15, 0.2) is 58.1 Å². The lowest BCUT2D eigenvalue weighted by molar-refractivity contribution is 0.172. The van der Waals surface area contributed by atoms with Crippen LogP contribution in [0.2, 0.25) is 0 Å². The molecule has 0 saturated carbocycles. The Labute approximate surface area is 196 Å². The maximum Gasteiger partial charge on any atom is 0.194 e. The van der Waals surface area contributed by atoms with Gasteiger partial charge in [-0.1, -0.05) is 30.3 Å². The summed E-state index contributed by atoms with van der Waals surface area (Å²) in [7, 11) is 0. The van der Waals surface area contributed by atoms with Gasteiger partial charge in [0.1, 0.15) is 5.76 Å². The van der Waals surface area contributed by atoms with Gasteiger partial charge in [0, 0.05) is 64.8 Å². The zero-order valence-corrected chi connectivity index (χ0v) is 19.9. The molecule has 3 heterocycles. The predicted octanol–water partition coefficient (Wildman–Crippen LogP) is 3.24. The van der Waals surface area contributed by atoms with E-state index >= 15 is 0 Å². The lowest BCUT2D eigenvalue weighted by Crippen LogP contribution is -2.52. The van der Waals surface area contributed by atoms with Crippen molar-refractivity contribution in [2.45, 2.75) is 19.4 Å². The van der Waals surface area contributed by atoms with E-state index in [4.69, 9.17) is 14.1 Å². The Balaban J connectivity index is 0.00000256. The third kappa shape index (κ3) is 6.99. The van der Waals surface area contributed by atoms with Gasteiger partial charge in [-0.05, 0) is 24.1 Å². The maximum absolute atomic E-state index is 5.51. The first-order valence-electron chi connectivity index (χ1n) is 10.8. The number of hydrogen-bond donors (Lipinski definition) is 1. The third-order valence-corrected chi connectivity index (χ3v) is 5.68. The summed E-state index contributed by atoms with van der Waals surface area (Å²) < 4.78 is 11.0. The molecule has 7 heteroatoms. The molecule has 2 aliphatic rings. The van der Waals surface area contributed by atoms with Crippen LogP contribution >= 0.6 is 24.0 Å². The predicted molar refractivity (Wildman–Crippen MR) is 130 cm³/mol. The quantitative estimate of drug-likeness (QED) is 0.343. The van der Waals surface area contributed by atoms with Gasteiger partial charge in [-0.3, -0.25) is 9.89 Å². The van der Waals surface area contributed by atoms with E-state index in [1.807, 2.05) is 12.1 Å². The summed E-state index contributed by atoms with van der Waals surface area (Å²) in [6, 6.07) is 14.7. The number of furan rings is 1. The van der Waals surface area contributed by atoms with Crippen LogP contribution in [0, 0.1) is 5.92 Å². The highest BCUT2D eigenvalue weighted by atomic mass is 127. The smallest absolute Gasteiger partial charge is 0.194 e. The average Bonchev–Trinajstić information content (AvgIpc) is 3.46. The van der Waals surface area contributed by atoms with E-state index in [1.54, 1.807) is 6.26 Å². The number of piperazine rings is 1. The van der Waals surface area contributed by atoms with Gasteiger partial charge in [0.15, 0.2) is 5.96 Å². The van der Waals surface area contributed by atoms with Gasteiger partial charge in [0.05, 0.1) is 12.9 Å². The number of rotatable bonds is 7. The summed E-state index contributed by atoms with van der Waals surface area (Å²) in [5.74, 6) is 2.59. The Hall–Kier alpha value is -1.58. The van der Waals surface area contributed by atoms with Crippen LogP contribution in [0.1, 0.15) is 17.7 Å². The SMILES string of the molecule is I.c1ccc(CN2CCN(C(=NCC3CCOC3)NCCc3ccco3)CC2)cc1. The monoisotopic (exact) mass is 524 g/mol. The first kappa shape index (κ1) is 23.1. The van der Waals surface area contributed by atoms with Crippen LogP contribution < -0.4 is 5.32 Å². The average molecular weight is 524 g/mol. The minimum Gasteiger partial charge on any atom is -0.469 e. The van der Waals surface area contributed by atoms with Crippen molar-refractivity contribution < 1.29 is 9.15 Å². The molecule has 0 bridgehead atoms. The normalized spacial score (nSPS) is 20.2. The van der Waals surface area contributed by atoms with Crippen LogP contribution in [-0.2, 0) is 17.7 Å². The molecular formula is C23H33IN4O2. The van der Waals surface area contributed by atoms with Crippen molar-refractivity contribution in [1.82, 2.24) is 15.1 Å². The molecule has 2 saturated heterocycles. The van der Waals surface area contributed by atoms with Crippen LogP contribution in [0.5, 0.6) is 0 Å². The molecule has 2 fully saturated rings. The van der Waals surface area contributed by atoms with Crippen molar-refractivity contribution in [3.05, 3.63) is 60.1 Å². The summed E-state index contributed by atoms with van der Waals surface area (Å²) >= 11 is 0. The van der Waals surface area contributed by atoms with Crippen LogP contribution in [0.25, 0.3) is 0 Å². The van der Waals surface area contributed by atoms with Gasteiger partial charge in [0.25, 0.3) is 0 Å². The molecule has 30 heavy (non-hydrogen) atoms. The van der Waals surface area contributed by atoms with Crippen molar-refractivity contribution in [2.24, 2.45) is 10.9 Å². The van der Waals surface area contributed by atoms with Gasteiger partial charge < -0.3 is 19.4 Å². The lowest BCUT2D eigenvalue weighted by atomic mass is 10.1. The van der Waals surface area contributed by atoms with Gasteiger partial charge in [-0.2, -0.15) is 0 Å². The lowest BCUT2D eigenvalue weighted by Gasteiger charge is -2.36. The van der Waals surface area contributed by atoms with Crippen molar-refractivity contribution >= 4 is 29.9 Å². The molecule has 1 aromatic carbocycles. The molecule has 2 aromatic rings. The van der Waals surface area contributed by atoms with Crippen molar-refractivity contribution in [3.63, 3.8) is 0 Å².